The van der Waals surface area contributed by atoms with Crippen LogP contribution >= 0.6 is 15.9 Å². The van der Waals surface area contributed by atoms with E-state index in [9.17, 15) is 18.0 Å². The SMILES string of the molecule is COC(=O)CCN(Cc1cccc(Br)c1)c1nccc(C(F)(F)F)n1. The van der Waals surface area contributed by atoms with Gasteiger partial charge in [0.05, 0.1) is 13.5 Å². The highest BCUT2D eigenvalue weighted by Gasteiger charge is 2.33. The van der Waals surface area contributed by atoms with Crippen molar-refractivity contribution in [2.24, 2.45) is 0 Å². The largest absolute Gasteiger partial charge is 0.469 e. The fourth-order valence-electron chi connectivity index (χ4n) is 2.09. The number of ether oxygens (including phenoxy) is 1. The van der Waals surface area contributed by atoms with Crippen molar-refractivity contribution in [1.82, 2.24) is 9.97 Å². The summed E-state index contributed by atoms with van der Waals surface area (Å²) in [5.74, 6) is -0.565. The molecule has 25 heavy (non-hydrogen) atoms. The Bertz CT molecular complexity index is 741. The van der Waals surface area contributed by atoms with Gasteiger partial charge in [-0.1, -0.05) is 28.1 Å². The zero-order valence-electron chi connectivity index (χ0n) is 13.3. The number of carbonyl (C=O) groups excluding carboxylic acids is 1. The monoisotopic (exact) mass is 417 g/mol. The molecule has 0 saturated heterocycles. The molecule has 0 atom stereocenters. The summed E-state index contributed by atoms with van der Waals surface area (Å²) >= 11 is 3.35. The summed E-state index contributed by atoms with van der Waals surface area (Å²) in [5, 5.41) is 0. The van der Waals surface area contributed by atoms with Crippen LogP contribution in [0.25, 0.3) is 0 Å². The molecule has 2 rings (SSSR count). The number of benzene rings is 1. The molecule has 0 bridgehead atoms. The third-order valence-corrected chi connectivity index (χ3v) is 3.79. The van der Waals surface area contributed by atoms with E-state index >= 15 is 0 Å². The highest BCUT2D eigenvalue weighted by molar-refractivity contribution is 9.10. The first-order valence-corrected chi connectivity index (χ1v) is 8.05. The summed E-state index contributed by atoms with van der Waals surface area (Å²) in [6, 6.07) is 8.11. The average Bonchev–Trinajstić information content (AvgIpc) is 2.57. The number of methoxy groups -OCH3 is 1. The molecule has 5 nitrogen and oxygen atoms in total. The standard InChI is InChI=1S/C16H15BrF3N3O2/c1-25-14(24)6-8-23(10-11-3-2-4-12(17)9-11)15-21-7-5-13(22-15)16(18,19)20/h2-5,7,9H,6,8,10H2,1H3. The molecule has 0 spiro atoms. The van der Waals surface area contributed by atoms with Gasteiger partial charge in [0.2, 0.25) is 5.95 Å². The third kappa shape index (κ3) is 5.70. The van der Waals surface area contributed by atoms with E-state index in [1.807, 2.05) is 24.3 Å². The molecule has 0 aliphatic rings. The van der Waals surface area contributed by atoms with Crippen molar-refractivity contribution in [2.75, 3.05) is 18.6 Å². The smallest absolute Gasteiger partial charge is 0.433 e. The van der Waals surface area contributed by atoms with Crippen LogP contribution in [0, 0.1) is 0 Å². The molecule has 2 aromatic rings. The number of esters is 1. The Kier molecular flexibility index (Phi) is 6.35. The van der Waals surface area contributed by atoms with Gasteiger partial charge < -0.3 is 9.64 Å². The molecule has 0 amide bonds. The van der Waals surface area contributed by atoms with E-state index in [1.54, 1.807) is 0 Å². The van der Waals surface area contributed by atoms with Crippen LogP contribution in [0.4, 0.5) is 19.1 Å². The lowest BCUT2D eigenvalue weighted by Crippen LogP contribution is -2.28. The van der Waals surface area contributed by atoms with Crippen LogP contribution in [0.15, 0.2) is 41.0 Å². The van der Waals surface area contributed by atoms with Gasteiger partial charge in [-0.3, -0.25) is 4.79 Å². The molecule has 0 radical (unpaired) electrons. The van der Waals surface area contributed by atoms with Crippen molar-refractivity contribution >= 4 is 27.8 Å². The molecule has 0 unspecified atom stereocenters. The van der Waals surface area contributed by atoms with E-state index in [-0.39, 0.29) is 25.5 Å². The Morgan fingerprint density at radius 1 is 1.32 bits per heavy atom. The number of aromatic nitrogens is 2. The number of hydrogen-bond acceptors (Lipinski definition) is 5. The quantitative estimate of drug-likeness (QED) is 0.668. The zero-order chi connectivity index (χ0) is 18.4. The van der Waals surface area contributed by atoms with Crippen LogP contribution in [0.2, 0.25) is 0 Å². The number of hydrogen-bond donors (Lipinski definition) is 0. The maximum atomic E-state index is 12.9. The van der Waals surface area contributed by atoms with E-state index in [4.69, 9.17) is 0 Å². The first-order valence-electron chi connectivity index (χ1n) is 7.26. The van der Waals surface area contributed by atoms with Crippen molar-refractivity contribution in [3.05, 3.63) is 52.3 Å². The van der Waals surface area contributed by atoms with Crippen molar-refractivity contribution in [3.8, 4) is 0 Å². The van der Waals surface area contributed by atoms with Gasteiger partial charge in [0, 0.05) is 23.8 Å². The van der Waals surface area contributed by atoms with E-state index < -0.39 is 17.8 Å². The summed E-state index contributed by atoms with van der Waals surface area (Å²) in [6.07, 6.45) is -3.51. The average molecular weight is 418 g/mol. The second-order valence-corrected chi connectivity index (χ2v) is 6.03. The molecule has 0 saturated carbocycles. The third-order valence-electron chi connectivity index (χ3n) is 3.29. The van der Waals surface area contributed by atoms with Gasteiger partial charge in [-0.25, -0.2) is 9.97 Å². The second-order valence-electron chi connectivity index (χ2n) is 5.12. The fraction of sp³-hybridized carbons (Fsp3) is 0.312. The van der Waals surface area contributed by atoms with Crippen molar-refractivity contribution in [2.45, 2.75) is 19.1 Å². The molecule has 1 aromatic heterocycles. The van der Waals surface area contributed by atoms with Crippen molar-refractivity contribution in [1.29, 1.82) is 0 Å². The number of halogens is 4. The maximum absolute atomic E-state index is 12.9. The number of anilines is 1. The fourth-order valence-corrected chi connectivity index (χ4v) is 2.54. The predicted molar refractivity (Wildman–Crippen MR) is 88.9 cm³/mol. The number of rotatable bonds is 6. The Morgan fingerprint density at radius 2 is 2.08 bits per heavy atom. The topological polar surface area (TPSA) is 55.3 Å². The van der Waals surface area contributed by atoms with Crippen molar-refractivity contribution < 1.29 is 22.7 Å². The second kappa shape index (κ2) is 8.28. The van der Waals surface area contributed by atoms with Crippen LogP contribution in [-0.4, -0.2) is 29.6 Å². The first kappa shape index (κ1) is 19.2. The summed E-state index contributed by atoms with van der Waals surface area (Å²) in [6.45, 7) is 0.373. The molecule has 9 heteroatoms. The van der Waals surface area contributed by atoms with Gasteiger partial charge in [-0.2, -0.15) is 13.2 Å². The summed E-state index contributed by atoms with van der Waals surface area (Å²) < 4.78 is 44.1. The Labute approximate surface area is 151 Å². The van der Waals surface area contributed by atoms with E-state index in [0.717, 1.165) is 22.3 Å². The molecule has 1 heterocycles. The number of carbonyl (C=O) groups is 1. The molecule has 0 N–H and O–H groups in total. The summed E-state index contributed by atoms with van der Waals surface area (Å²) in [4.78, 5) is 20.4. The molecule has 134 valence electrons. The van der Waals surface area contributed by atoms with E-state index in [1.165, 1.54) is 12.0 Å². The van der Waals surface area contributed by atoms with Gasteiger partial charge in [0.1, 0.15) is 5.69 Å². The highest BCUT2D eigenvalue weighted by atomic mass is 79.9. The lowest BCUT2D eigenvalue weighted by atomic mass is 10.2. The lowest BCUT2D eigenvalue weighted by Gasteiger charge is -2.23. The van der Waals surface area contributed by atoms with Gasteiger partial charge in [-0.05, 0) is 23.8 Å². The first-order chi connectivity index (χ1) is 11.8. The molecular formula is C16H15BrF3N3O2. The van der Waals surface area contributed by atoms with E-state index in [2.05, 4.69) is 30.6 Å². The van der Waals surface area contributed by atoms with Crippen LogP contribution in [0.5, 0.6) is 0 Å². The van der Waals surface area contributed by atoms with Crippen LogP contribution < -0.4 is 4.90 Å². The van der Waals surface area contributed by atoms with Gasteiger partial charge in [0.25, 0.3) is 0 Å². The molecule has 0 fully saturated rings. The zero-order valence-corrected chi connectivity index (χ0v) is 14.8. The summed E-state index contributed by atoms with van der Waals surface area (Å²) in [5.41, 5.74) is -0.199. The highest BCUT2D eigenvalue weighted by Crippen LogP contribution is 2.28. The molecule has 1 aromatic carbocycles. The number of alkyl halides is 3. The lowest BCUT2D eigenvalue weighted by molar-refractivity contribution is -0.141. The Balaban J connectivity index is 2.29. The van der Waals surface area contributed by atoms with Gasteiger partial charge in [0.15, 0.2) is 0 Å². The van der Waals surface area contributed by atoms with Crippen molar-refractivity contribution in [3.63, 3.8) is 0 Å². The minimum absolute atomic E-state index is 0.00408. The van der Waals surface area contributed by atoms with Crippen LogP contribution in [0.3, 0.4) is 0 Å². The molecular weight excluding hydrogens is 403 g/mol. The predicted octanol–water partition coefficient (Wildman–Crippen LogP) is 3.83. The molecule has 0 aliphatic carbocycles. The Hall–Kier alpha value is -2.16. The summed E-state index contributed by atoms with van der Waals surface area (Å²) in [7, 11) is 1.25. The maximum Gasteiger partial charge on any atom is 0.433 e. The van der Waals surface area contributed by atoms with Crippen LogP contribution in [-0.2, 0) is 22.3 Å². The van der Waals surface area contributed by atoms with Gasteiger partial charge in [-0.15, -0.1) is 0 Å². The number of nitrogens with zero attached hydrogens (tertiary/aromatic N) is 3. The van der Waals surface area contributed by atoms with Gasteiger partial charge >= 0.3 is 12.1 Å². The van der Waals surface area contributed by atoms with E-state index in [0.29, 0.717) is 0 Å². The normalized spacial score (nSPS) is 11.2. The minimum Gasteiger partial charge on any atom is -0.469 e. The minimum atomic E-state index is -4.57. The Morgan fingerprint density at radius 3 is 2.72 bits per heavy atom. The van der Waals surface area contributed by atoms with Crippen LogP contribution in [0.1, 0.15) is 17.7 Å². The molecule has 0 aliphatic heterocycles.